The van der Waals surface area contributed by atoms with Gasteiger partial charge in [-0.25, -0.2) is 8.78 Å². The van der Waals surface area contributed by atoms with Gasteiger partial charge in [0, 0.05) is 10.7 Å². The van der Waals surface area contributed by atoms with Crippen molar-refractivity contribution in [3.63, 3.8) is 0 Å². The molecule has 3 aromatic rings. The third-order valence-electron chi connectivity index (χ3n) is 3.67. The molecule has 4 heteroatoms. The molecule has 21 heavy (non-hydrogen) atoms. The molecule has 1 unspecified atom stereocenters. The number of halogens is 2. The van der Waals surface area contributed by atoms with Gasteiger partial charge in [0.05, 0.1) is 0 Å². The van der Waals surface area contributed by atoms with Gasteiger partial charge < -0.3 is 5.32 Å². The fraction of sp³-hybridized carbons (Fsp3) is 0.176. The van der Waals surface area contributed by atoms with Crippen molar-refractivity contribution >= 4 is 21.4 Å². The van der Waals surface area contributed by atoms with E-state index in [9.17, 15) is 8.78 Å². The Balaban J connectivity index is 1.97. The summed E-state index contributed by atoms with van der Waals surface area (Å²) in [6.07, 6.45) is 0.417. The van der Waals surface area contributed by atoms with E-state index in [-0.39, 0.29) is 11.9 Å². The first-order valence-corrected chi connectivity index (χ1v) is 7.64. The van der Waals surface area contributed by atoms with E-state index < -0.39 is 5.82 Å². The molecule has 1 atom stereocenters. The zero-order valence-corrected chi connectivity index (χ0v) is 12.4. The van der Waals surface area contributed by atoms with Crippen molar-refractivity contribution in [3.8, 4) is 0 Å². The van der Waals surface area contributed by atoms with E-state index >= 15 is 0 Å². The van der Waals surface area contributed by atoms with Crippen LogP contribution in [0.1, 0.15) is 17.2 Å². The van der Waals surface area contributed by atoms with Gasteiger partial charge in [0.1, 0.15) is 11.6 Å². The third kappa shape index (κ3) is 2.82. The van der Waals surface area contributed by atoms with Crippen LogP contribution in [-0.2, 0) is 6.42 Å². The van der Waals surface area contributed by atoms with E-state index in [4.69, 9.17) is 0 Å². The highest BCUT2D eigenvalue weighted by atomic mass is 32.1. The molecule has 0 aliphatic rings. The van der Waals surface area contributed by atoms with Crippen LogP contribution in [0.2, 0.25) is 0 Å². The van der Waals surface area contributed by atoms with Crippen LogP contribution in [0.4, 0.5) is 8.78 Å². The molecule has 0 spiro atoms. The molecule has 0 saturated carbocycles. The van der Waals surface area contributed by atoms with Crippen LogP contribution in [0.25, 0.3) is 10.1 Å². The van der Waals surface area contributed by atoms with Gasteiger partial charge in [-0.1, -0.05) is 18.2 Å². The van der Waals surface area contributed by atoms with Crippen molar-refractivity contribution in [2.45, 2.75) is 12.5 Å². The summed E-state index contributed by atoms with van der Waals surface area (Å²) in [5.41, 5.74) is 1.52. The van der Waals surface area contributed by atoms with E-state index in [0.29, 0.717) is 12.0 Å². The van der Waals surface area contributed by atoms with E-state index in [0.717, 1.165) is 11.6 Å². The first kappa shape index (κ1) is 14.2. The van der Waals surface area contributed by atoms with Gasteiger partial charge in [-0.05, 0) is 59.6 Å². The van der Waals surface area contributed by atoms with Crippen LogP contribution in [-0.4, -0.2) is 7.05 Å². The van der Waals surface area contributed by atoms with E-state index in [1.165, 1.54) is 22.2 Å². The summed E-state index contributed by atoms with van der Waals surface area (Å²) in [6, 6.07) is 11.7. The largest absolute Gasteiger partial charge is 0.313 e. The summed E-state index contributed by atoms with van der Waals surface area (Å²) in [4.78, 5) is 0. The maximum atomic E-state index is 13.8. The van der Waals surface area contributed by atoms with Crippen LogP contribution in [0.5, 0.6) is 0 Å². The van der Waals surface area contributed by atoms with Gasteiger partial charge in [-0.15, -0.1) is 11.3 Å². The van der Waals surface area contributed by atoms with E-state index in [2.05, 4.69) is 22.8 Å². The number of nitrogens with one attached hydrogen (secondary N) is 1. The lowest BCUT2D eigenvalue weighted by molar-refractivity contribution is 0.546. The van der Waals surface area contributed by atoms with Crippen molar-refractivity contribution in [2.24, 2.45) is 0 Å². The molecular weight excluding hydrogens is 288 g/mol. The summed E-state index contributed by atoms with van der Waals surface area (Å²) in [7, 11) is 1.84. The number of benzene rings is 2. The van der Waals surface area contributed by atoms with Gasteiger partial charge in [-0.3, -0.25) is 0 Å². The molecule has 3 rings (SSSR count). The molecular formula is C17H15F2NS. The number of fused-ring (bicyclic) bond motifs is 1. The maximum absolute atomic E-state index is 13.8. The number of likely N-dealkylation sites (N-methyl/N-ethyl adjacent to an activating group) is 1. The summed E-state index contributed by atoms with van der Waals surface area (Å²) < 4.78 is 28.3. The van der Waals surface area contributed by atoms with Gasteiger partial charge in [0.15, 0.2) is 0 Å². The normalized spacial score (nSPS) is 12.7. The molecule has 1 heterocycles. The second-order valence-electron chi connectivity index (χ2n) is 4.97. The number of rotatable bonds is 4. The minimum atomic E-state index is -0.406. The molecule has 1 N–H and O–H groups in total. The smallest absolute Gasteiger partial charge is 0.126 e. The Hall–Kier alpha value is -1.78. The van der Waals surface area contributed by atoms with Crippen LogP contribution in [0.15, 0.2) is 47.8 Å². The molecule has 0 saturated heterocycles. The SMILES string of the molecule is CNC(Cc1cc(F)ccc1F)c1csc2ccccc12. The first-order valence-electron chi connectivity index (χ1n) is 6.76. The molecule has 1 aromatic heterocycles. The van der Waals surface area contributed by atoms with Crippen molar-refractivity contribution in [3.05, 3.63) is 70.6 Å². The predicted molar refractivity (Wildman–Crippen MR) is 83.7 cm³/mol. The molecule has 0 bridgehead atoms. The zero-order valence-electron chi connectivity index (χ0n) is 11.6. The third-order valence-corrected chi connectivity index (χ3v) is 4.65. The summed E-state index contributed by atoms with van der Waals surface area (Å²) in [5, 5.41) is 6.46. The Labute approximate surface area is 126 Å². The van der Waals surface area contributed by atoms with Crippen LogP contribution >= 0.6 is 11.3 Å². The van der Waals surface area contributed by atoms with Crippen molar-refractivity contribution in [1.29, 1.82) is 0 Å². The number of hydrogen-bond acceptors (Lipinski definition) is 2. The van der Waals surface area contributed by atoms with E-state index in [1.54, 1.807) is 11.3 Å². The molecule has 1 nitrogen and oxygen atoms in total. The Morgan fingerprint density at radius 1 is 1.14 bits per heavy atom. The highest BCUT2D eigenvalue weighted by Gasteiger charge is 2.17. The fourth-order valence-electron chi connectivity index (χ4n) is 2.56. The lowest BCUT2D eigenvalue weighted by Gasteiger charge is -2.16. The van der Waals surface area contributed by atoms with Crippen molar-refractivity contribution in [1.82, 2.24) is 5.32 Å². The van der Waals surface area contributed by atoms with Crippen LogP contribution in [0, 0.1) is 11.6 Å². The predicted octanol–water partition coefficient (Wildman–Crippen LogP) is 4.68. The average molecular weight is 303 g/mol. The summed E-state index contributed by atoms with van der Waals surface area (Å²) >= 11 is 1.67. The fourth-order valence-corrected chi connectivity index (χ4v) is 3.57. The lowest BCUT2D eigenvalue weighted by atomic mass is 9.98. The average Bonchev–Trinajstić information content (AvgIpc) is 2.92. The standard InChI is InChI=1S/C17H15F2NS/c1-20-16(9-11-8-12(18)6-7-15(11)19)14-10-21-17-5-3-2-4-13(14)17/h2-8,10,16,20H,9H2,1H3. The second-order valence-corrected chi connectivity index (χ2v) is 5.88. The Bertz CT molecular complexity index is 766. The Morgan fingerprint density at radius 2 is 1.95 bits per heavy atom. The number of hydrogen-bond donors (Lipinski definition) is 1. The molecule has 2 aromatic carbocycles. The van der Waals surface area contributed by atoms with Gasteiger partial charge in [0.25, 0.3) is 0 Å². The minimum absolute atomic E-state index is 0.0440. The maximum Gasteiger partial charge on any atom is 0.126 e. The van der Waals surface area contributed by atoms with Crippen molar-refractivity contribution in [2.75, 3.05) is 7.05 Å². The Morgan fingerprint density at radius 3 is 2.76 bits per heavy atom. The van der Waals surface area contributed by atoms with Gasteiger partial charge in [0.2, 0.25) is 0 Å². The molecule has 0 aliphatic heterocycles. The first-order chi connectivity index (χ1) is 10.2. The lowest BCUT2D eigenvalue weighted by Crippen LogP contribution is -2.19. The van der Waals surface area contributed by atoms with Gasteiger partial charge in [-0.2, -0.15) is 0 Å². The van der Waals surface area contributed by atoms with Gasteiger partial charge >= 0.3 is 0 Å². The van der Waals surface area contributed by atoms with E-state index in [1.807, 2.05) is 19.2 Å². The molecule has 0 fully saturated rings. The quantitative estimate of drug-likeness (QED) is 0.738. The van der Waals surface area contributed by atoms with Crippen molar-refractivity contribution < 1.29 is 8.78 Å². The number of thiophene rings is 1. The molecule has 0 amide bonds. The second kappa shape index (κ2) is 5.92. The highest BCUT2D eigenvalue weighted by molar-refractivity contribution is 7.17. The molecule has 0 radical (unpaired) electrons. The zero-order chi connectivity index (χ0) is 14.8. The summed E-state index contributed by atoms with van der Waals surface area (Å²) in [5.74, 6) is -0.771. The van der Waals surface area contributed by atoms with Crippen LogP contribution < -0.4 is 5.32 Å². The monoisotopic (exact) mass is 303 g/mol. The Kier molecular flexibility index (Phi) is 3.99. The molecule has 108 valence electrons. The minimum Gasteiger partial charge on any atom is -0.313 e. The highest BCUT2D eigenvalue weighted by Crippen LogP contribution is 2.32. The molecule has 0 aliphatic carbocycles. The topological polar surface area (TPSA) is 12.0 Å². The summed E-state index contributed by atoms with van der Waals surface area (Å²) in [6.45, 7) is 0. The van der Waals surface area contributed by atoms with Crippen LogP contribution in [0.3, 0.4) is 0 Å².